The van der Waals surface area contributed by atoms with E-state index in [0.717, 1.165) is 12.8 Å². The largest absolute Gasteiger partial charge is 0.508 e. The maximum atomic E-state index is 12.2. The molecule has 5 heteroatoms. The number of amides is 1. The van der Waals surface area contributed by atoms with E-state index in [9.17, 15) is 9.90 Å². The van der Waals surface area contributed by atoms with Gasteiger partial charge >= 0.3 is 0 Å². The van der Waals surface area contributed by atoms with Gasteiger partial charge in [-0.2, -0.15) is 0 Å². The van der Waals surface area contributed by atoms with E-state index in [2.05, 4.69) is 5.32 Å². The van der Waals surface area contributed by atoms with E-state index in [4.69, 9.17) is 11.6 Å². The van der Waals surface area contributed by atoms with E-state index >= 15 is 0 Å². The lowest BCUT2D eigenvalue weighted by atomic mass is 10.3. The summed E-state index contributed by atoms with van der Waals surface area (Å²) in [5.74, 6) is -0.117. The standard InChI is InChI=1S/C14H13ClN2O2/c15-11-8-10(18)5-6-12(11)16-14(19)13-2-1-7-17(13)9-3-4-9/h1-2,5-9,18H,3-4H2,(H,16,19). The van der Waals surface area contributed by atoms with Crippen molar-refractivity contribution in [3.05, 3.63) is 47.2 Å². The molecular weight excluding hydrogens is 264 g/mol. The number of aromatic hydroxyl groups is 1. The second-order valence-electron chi connectivity index (χ2n) is 4.65. The Kier molecular flexibility index (Phi) is 2.95. The highest BCUT2D eigenvalue weighted by atomic mass is 35.5. The highest BCUT2D eigenvalue weighted by molar-refractivity contribution is 6.34. The maximum absolute atomic E-state index is 12.2. The van der Waals surface area contributed by atoms with Crippen LogP contribution >= 0.6 is 11.6 Å². The summed E-state index contributed by atoms with van der Waals surface area (Å²) in [7, 11) is 0. The Balaban J connectivity index is 1.82. The number of phenols is 1. The summed E-state index contributed by atoms with van der Waals surface area (Å²) < 4.78 is 1.99. The first kappa shape index (κ1) is 12.1. The minimum absolute atomic E-state index is 0.0735. The summed E-state index contributed by atoms with van der Waals surface area (Å²) in [6, 6.07) is 8.58. The number of nitrogens with one attached hydrogen (secondary N) is 1. The molecule has 2 aromatic rings. The van der Waals surface area contributed by atoms with Gasteiger partial charge in [0, 0.05) is 18.3 Å². The smallest absolute Gasteiger partial charge is 0.272 e. The number of carbonyl (C=O) groups is 1. The van der Waals surface area contributed by atoms with Crippen molar-refractivity contribution in [2.45, 2.75) is 18.9 Å². The molecule has 0 aliphatic heterocycles. The minimum atomic E-state index is -0.190. The van der Waals surface area contributed by atoms with Crippen LogP contribution in [-0.2, 0) is 0 Å². The van der Waals surface area contributed by atoms with Gasteiger partial charge in [0.25, 0.3) is 5.91 Å². The van der Waals surface area contributed by atoms with E-state index in [1.54, 1.807) is 12.1 Å². The van der Waals surface area contributed by atoms with Crippen LogP contribution in [0.1, 0.15) is 29.4 Å². The fraction of sp³-hybridized carbons (Fsp3) is 0.214. The third-order valence-corrected chi connectivity index (χ3v) is 3.47. The number of hydrogen-bond donors (Lipinski definition) is 2. The number of hydrogen-bond acceptors (Lipinski definition) is 2. The minimum Gasteiger partial charge on any atom is -0.508 e. The Morgan fingerprint density at radius 3 is 2.84 bits per heavy atom. The van der Waals surface area contributed by atoms with Crippen molar-refractivity contribution in [3.63, 3.8) is 0 Å². The lowest BCUT2D eigenvalue weighted by molar-refractivity contribution is 0.101. The number of phenolic OH excluding ortho intramolecular Hbond substituents is 1. The summed E-state index contributed by atoms with van der Waals surface area (Å²) in [5, 5.41) is 12.4. The van der Waals surface area contributed by atoms with Gasteiger partial charge in [0.2, 0.25) is 0 Å². The normalized spacial score (nSPS) is 14.4. The van der Waals surface area contributed by atoms with Crippen LogP contribution in [0.25, 0.3) is 0 Å². The molecule has 1 aromatic carbocycles. The first-order chi connectivity index (χ1) is 9.15. The molecule has 1 amide bonds. The Labute approximate surface area is 115 Å². The Hall–Kier alpha value is -1.94. The molecule has 3 rings (SSSR count). The van der Waals surface area contributed by atoms with Gasteiger partial charge in [-0.1, -0.05) is 11.6 Å². The zero-order valence-electron chi connectivity index (χ0n) is 10.1. The molecule has 0 radical (unpaired) electrons. The SMILES string of the molecule is O=C(Nc1ccc(O)cc1Cl)c1cccn1C1CC1. The topological polar surface area (TPSA) is 54.3 Å². The quantitative estimate of drug-likeness (QED) is 0.844. The van der Waals surface area contributed by atoms with Crippen LogP contribution in [0, 0.1) is 0 Å². The van der Waals surface area contributed by atoms with E-state index < -0.39 is 0 Å². The van der Waals surface area contributed by atoms with E-state index in [-0.39, 0.29) is 11.7 Å². The van der Waals surface area contributed by atoms with E-state index in [1.807, 2.05) is 16.8 Å². The molecule has 19 heavy (non-hydrogen) atoms. The second-order valence-corrected chi connectivity index (χ2v) is 5.06. The monoisotopic (exact) mass is 276 g/mol. The van der Waals surface area contributed by atoms with Crippen LogP contribution < -0.4 is 5.32 Å². The van der Waals surface area contributed by atoms with Crippen LogP contribution in [0.3, 0.4) is 0 Å². The third kappa shape index (κ3) is 2.44. The molecule has 1 aromatic heterocycles. The van der Waals surface area contributed by atoms with Gasteiger partial charge in [0.1, 0.15) is 11.4 Å². The fourth-order valence-electron chi connectivity index (χ4n) is 2.05. The van der Waals surface area contributed by atoms with Crippen molar-refractivity contribution in [1.29, 1.82) is 0 Å². The molecule has 0 bridgehead atoms. The predicted octanol–water partition coefficient (Wildman–Crippen LogP) is 3.43. The summed E-state index contributed by atoms with van der Waals surface area (Å²) in [6.07, 6.45) is 4.16. The molecule has 1 saturated carbocycles. The van der Waals surface area contributed by atoms with Crippen LogP contribution in [0.15, 0.2) is 36.5 Å². The first-order valence-corrected chi connectivity index (χ1v) is 6.49. The van der Waals surface area contributed by atoms with E-state index in [1.165, 1.54) is 12.1 Å². The molecule has 1 heterocycles. The van der Waals surface area contributed by atoms with Crippen molar-refractivity contribution in [3.8, 4) is 5.75 Å². The fourth-order valence-corrected chi connectivity index (χ4v) is 2.27. The number of halogens is 1. The summed E-state index contributed by atoms with van der Waals surface area (Å²) in [6.45, 7) is 0. The maximum Gasteiger partial charge on any atom is 0.272 e. The Morgan fingerprint density at radius 1 is 1.37 bits per heavy atom. The van der Waals surface area contributed by atoms with Gasteiger partial charge < -0.3 is 15.0 Å². The number of aromatic nitrogens is 1. The highest BCUT2D eigenvalue weighted by Crippen LogP contribution is 2.36. The van der Waals surface area contributed by atoms with Gasteiger partial charge in [-0.25, -0.2) is 0 Å². The molecule has 0 unspecified atom stereocenters. The van der Waals surface area contributed by atoms with Crippen molar-refractivity contribution < 1.29 is 9.90 Å². The zero-order valence-corrected chi connectivity index (χ0v) is 10.9. The number of nitrogens with zero attached hydrogens (tertiary/aromatic N) is 1. The lowest BCUT2D eigenvalue weighted by Crippen LogP contribution is -2.16. The zero-order chi connectivity index (χ0) is 13.4. The summed E-state index contributed by atoms with van der Waals surface area (Å²) in [5.41, 5.74) is 1.12. The number of rotatable bonds is 3. The average molecular weight is 277 g/mol. The van der Waals surface area contributed by atoms with Gasteiger partial charge in [-0.05, 0) is 37.1 Å². The van der Waals surface area contributed by atoms with Gasteiger partial charge in [-0.3, -0.25) is 4.79 Å². The summed E-state index contributed by atoms with van der Waals surface area (Å²) in [4.78, 5) is 12.2. The highest BCUT2D eigenvalue weighted by Gasteiger charge is 2.26. The van der Waals surface area contributed by atoms with Gasteiger partial charge in [-0.15, -0.1) is 0 Å². The van der Waals surface area contributed by atoms with Crippen LogP contribution in [0.4, 0.5) is 5.69 Å². The first-order valence-electron chi connectivity index (χ1n) is 6.12. The molecule has 1 aliphatic rings. The number of carbonyl (C=O) groups excluding carboxylic acids is 1. The van der Waals surface area contributed by atoms with Gasteiger partial charge in [0.05, 0.1) is 10.7 Å². The molecule has 2 N–H and O–H groups in total. The Morgan fingerprint density at radius 2 is 2.16 bits per heavy atom. The average Bonchev–Trinajstić information content (AvgIpc) is 3.10. The molecular formula is C14H13ClN2O2. The molecule has 4 nitrogen and oxygen atoms in total. The van der Waals surface area contributed by atoms with Crippen molar-refractivity contribution in [2.24, 2.45) is 0 Å². The van der Waals surface area contributed by atoms with Crippen LogP contribution in [-0.4, -0.2) is 15.6 Å². The molecule has 1 aliphatic carbocycles. The predicted molar refractivity (Wildman–Crippen MR) is 73.8 cm³/mol. The number of benzene rings is 1. The summed E-state index contributed by atoms with van der Waals surface area (Å²) >= 11 is 5.97. The lowest BCUT2D eigenvalue weighted by Gasteiger charge is -2.10. The molecule has 0 atom stereocenters. The second kappa shape index (κ2) is 4.63. The van der Waals surface area contributed by atoms with Gasteiger partial charge in [0.15, 0.2) is 0 Å². The van der Waals surface area contributed by atoms with E-state index in [0.29, 0.717) is 22.4 Å². The molecule has 0 spiro atoms. The van der Waals surface area contributed by atoms with Crippen molar-refractivity contribution in [2.75, 3.05) is 5.32 Å². The van der Waals surface area contributed by atoms with Crippen LogP contribution in [0.5, 0.6) is 5.75 Å². The van der Waals surface area contributed by atoms with Crippen LogP contribution in [0.2, 0.25) is 5.02 Å². The molecule has 98 valence electrons. The molecule has 0 saturated heterocycles. The molecule has 1 fully saturated rings. The third-order valence-electron chi connectivity index (χ3n) is 3.15. The number of anilines is 1. The Bertz CT molecular complexity index is 632. The van der Waals surface area contributed by atoms with Crippen molar-refractivity contribution >= 4 is 23.2 Å². The van der Waals surface area contributed by atoms with Crippen molar-refractivity contribution in [1.82, 2.24) is 4.57 Å².